The van der Waals surface area contributed by atoms with Crippen LogP contribution in [0.25, 0.3) is 0 Å². The number of hydrogen-bond donors (Lipinski definition) is 1. The molecule has 0 aliphatic rings. The van der Waals surface area contributed by atoms with Crippen molar-refractivity contribution in [1.82, 2.24) is 0 Å². The average Bonchev–Trinajstić information content (AvgIpc) is 2.40. The first-order valence-electron chi connectivity index (χ1n) is 5.54. The third-order valence-electron chi connectivity index (χ3n) is 2.43. The molecule has 1 N–H and O–H groups in total. The van der Waals surface area contributed by atoms with Crippen LogP contribution in [0, 0.1) is 0 Å². The highest BCUT2D eigenvalue weighted by Crippen LogP contribution is 2.20. The Kier molecular flexibility index (Phi) is 4.82. The highest BCUT2D eigenvalue weighted by atomic mass is 79.9. The summed E-state index contributed by atoms with van der Waals surface area (Å²) in [5.74, 6) is 0.147. The fraction of sp³-hybridized carbons (Fsp3) is 0.0714. The van der Waals surface area contributed by atoms with Gasteiger partial charge in [-0.2, -0.15) is 0 Å². The van der Waals surface area contributed by atoms with E-state index in [0.717, 1.165) is 10.0 Å². The van der Waals surface area contributed by atoms with Gasteiger partial charge in [-0.25, -0.2) is 0 Å². The van der Waals surface area contributed by atoms with Gasteiger partial charge in [-0.15, -0.1) is 0 Å². The summed E-state index contributed by atoms with van der Waals surface area (Å²) in [6.45, 7) is 0.283. The van der Waals surface area contributed by atoms with Crippen LogP contribution in [0.3, 0.4) is 0 Å². The second-order valence-electron chi connectivity index (χ2n) is 3.80. The van der Waals surface area contributed by atoms with Gasteiger partial charge in [0.1, 0.15) is 12.4 Å². The third-order valence-corrected chi connectivity index (χ3v) is 3.30. The molecule has 0 aromatic heterocycles. The Bertz CT molecular complexity index is 602. The maximum atomic E-state index is 9.61. The van der Waals surface area contributed by atoms with E-state index in [1.165, 1.54) is 6.21 Å². The molecule has 0 radical (unpaired) electrons. The highest BCUT2D eigenvalue weighted by Gasteiger charge is 2.00. The van der Waals surface area contributed by atoms with E-state index in [0.29, 0.717) is 10.6 Å². The lowest BCUT2D eigenvalue weighted by Crippen LogP contribution is -1.89. The summed E-state index contributed by atoms with van der Waals surface area (Å²) in [6.07, 6.45) is 1.46. The second-order valence-corrected chi connectivity index (χ2v) is 5.13. The fourth-order valence-corrected chi connectivity index (χ4v) is 2.01. The largest absolute Gasteiger partial charge is 0.507 e. The molecule has 0 saturated carbocycles. The van der Waals surface area contributed by atoms with Crippen molar-refractivity contribution in [2.75, 3.05) is 0 Å². The molecule has 0 atom stereocenters. The smallest absolute Gasteiger partial charge is 0.143 e. The molecule has 3 nitrogen and oxygen atoms in total. The molecule has 2 aromatic carbocycles. The predicted octanol–water partition coefficient (Wildman–Crippen LogP) is 4.36. The number of benzene rings is 2. The number of phenols is 1. The van der Waals surface area contributed by atoms with Crippen molar-refractivity contribution < 1.29 is 9.94 Å². The van der Waals surface area contributed by atoms with E-state index in [9.17, 15) is 5.11 Å². The number of nitrogens with zero attached hydrogens (tertiary/aromatic N) is 1. The molecule has 0 unspecified atom stereocenters. The minimum Gasteiger partial charge on any atom is -0.507 e. The maximum Gasteiger partial charge on any atom is 0.143 e. The van der Waals surface area contributed by atoms with Crippen molar-refractivity contribution >= 4 is 33.7 Å². The Morgan fingerprint density at radius 3 is 2.84 bits per heavy atom. The molecule has 0 bridgehead atoms. The Morgan fingerprint density at radius 2 is 2.05 bits per heavy atom. The van der Waals surface area contributed by atoms with E-state index in [4.69, 9.17) is 16.4 Å². The van der Waals surface area contributed by atoms with Gasteiger partial charge in [-0.3, -0.25) is 0 Å². The van der Waals surface area contributed by atoms with Crippen molar-refractivity contribution in [2.24, 2.45) is 5.16 Å². The first kappa shape index (κ1) is 13.9. The number of rotatable bonds is 4. The van der Waals surface area contributed by atoms with Crippen LogP contribution < -0.4 is 0 Å². The van der Waals surface area contributed by atoms with Crippen molar-refractivity contribution in [3.63, 3.8) is 0 Å². The summed E-state index contributed by atoms with van der Waals surface area (Å²) in [4.78, 5) is 5.16. The molecule has 2 aromatic rings. The van der Waals surface area contributed by atoms with Gasteiger partial charge in [0.05, 0.1) is 6.21 Å². The average molecular weight is 341 g/mol. The standard InChI is InChI=1S/C14H11BrClNO2/c15-12-5-6-14(18)11(7-12)8-17-19-9-10-3-1-2-4-13(10)16/h1-8,18H,9H2/b17-8+. The van der Waals surface area contributed by atoms with E-state index in [-0.39, 0.29) is 12.4 Å². The molecule has 0 saturated heterocycles. The van der Waals surface area contributed by atoms with Gasteiger partial charge in [0, 0.05) is 20.6 Å². The van der Waals surface area contributed by atoms with Gasteiger partial charge >= 0.3 is 0 Å². The monoisotopic (exact) mass is 339 g/mol. The first-order chi connectivity index (χ1) is 9.16. The van der Waals surface area contributed by atoms with Crippen LogP contribution in [0.2, 0.25) is 5.02 Å². The molecular weight excluding hydrogens is 330 g/mol. The molecule has 0 heterocycles. The summed E-state index contributed by atoms with van der Waals surface area (Å²) in [5, 5.41) is 14.1. The van der Waals surface area contributed by atoms with Crippen LogP contribution in [0.15, 0.2) is 52.1 Å². The zero-order chi connectivity index (χ0) is 13.7. The summed E-state index contributed by atoms with van der Waals surface area (Å²) >= 11 is 9.31. The quantitative estimate of drug-likeness (QED) is 0.664. The zero-order valence-corrected chi connectivity index (χ0v) is 12.2. The molecule has 19 heavy (non-hydrogen) atoms. The van der Waals surface area contributed by atoms with Gasteiger partial charge in [-0.05, 0) is 24.3 Å². The summed E-state index contributed by atoms with van der Waals surface area (Å²) in [7, 11) is 0. The van der Waals surface area contributed by atoms with Crippen molar-refractivity contribution in [1.29, 1.82) is 0 Å². The lowest BCUT2D eigenvalue weighted by molar-refractivity contribution is 0.132. The van der Waals surface area contributed by atoms with E-state index in [1.807, 2.05) is 18.2 Å². The van der Waals surface area contributed by atoms with Crippen LogP contribution in [-0.4, -0.2) is 11.3 Å². The Morgan fingerprint density at radius 1 is 1.26 bits per heavy atom. The number of aromatic hydroxyl groups is 1. The molecule has 2 rings (SSSR count). The van der Waals surface area contributed by atoms with E-state index in [2.05, 4.69) is 21.1 Å². The molecule has 98 valence electrons. The summed E-state index contributed by atoms with van der Waals surface area (Å²) in [6, 6.07) is 12.5. The molecule has 0 aliphatic carbocycles. The molecular formula is C14H11BrClNO2. The predicted molar refractivity (Wildman–Crippen MR) is 79.6 cm³/mol. The second kappa shape index (κ2) is 6.59. The van der Waals surface area contributed by atoms with Crippen molar-refractivity contribution in [2.45, 2.75) is 6.61 Å². The van der Waals surface area contributed by atoms with E-state index >= 15 is 0 Å². The van der Waals surface area contributed by atoms with Gasteiger partial charge in [0.25, 0.3) is 0 Å². The molecule has 5 heteroatoms. The SMILES string of the molecule is Oc1ccc(Br)cc1/C=N/OCc1ccccc1Cl. The fourth-order valence-electron chi connectivity index (χ4n) is 1.45. The molecule has 0 amide bonds. The van der Waals surface area contributed by atoms with E-state index < -0.39 is 0 Å². The Hall–Kier alpha value is -1.52. The summed E-state index contributed by atoms with van der Waals surface area (Å²) < 4.78 is 0.859. The van der Waals surface area contributed by atoms with Gasteiger partial charge in [0.15, 0.2) is 0 Å². The van der Waals surface area contributed by atoms with Crippen LogP contribution in [-0.2, 0) is 11.4 Å². The van der Waals surface area contributed by atoms with Crippen LogP contribution in [0.4, 0.5) is 0 Å². The molecule has 0 aliphatic heterocycles. The lowest BCUT2D eigenvalue weighted by Gasteiger charge is -2.02. The highest BCUT2D eigenvalue weighted by molar-refractivity contribution is 9.10. The minimum atomic E-state index is 0.147. The van der Waals surface area contributed by atoms with Crippen molar-refractivity contribution in [3.05, 3.63) is 63.1 Å². The first-order valence-corrected chi connectivity index (χ1v) is 6.71. The van der Waals surface area contributed by atoms with Crippen LogP contribution in [0.5, 0.6) is 5.75 Å². The summed E-state index contributed by atoms with van der Waals surface area (Å²) in [5.41, 5.74) is 1.44. The minimum absolute atomic E-state index is 0.147. The van der Waals surface area contributed by atoms with Gasteiger partial charge in [-0.1, -0.05) is 50.9 Å². The Balaban J connectivity index is 1.97. The zero-order valence-electron chi connectivity index (χ0n) is 9.88. The van der Waals surface area contributed by atoms with Gasteiger partial charge < -0.3 is 9.94 Å². The lowest BCUT2D eigenvalue weighted by atomic mass is 10.2. The Labute approximate surface area is 124 Å². The molecule has 0 fully saturated rings. The normalized spacial score (nSPS) is 10.8. The number of phenolic OH excluding ortho intramolecular Hbond substituents is 1. The van der Waals surface area contributed by atoms with Crippen LogP contribution >= 0.6 is 27.5 Å². The topological polar surface area (TPSA) is 41.8 Å². The number of oxime groups is 1. The number of hydrogen-bond acceptors (Lipinski definition) is 3. The third kappa shape index (κ3) is 3.98. The van der Waals surface area contributed by atoms with E-state index in [1.54, 1.807) is 24.3 Å². The van der Waals surface area contributed by atoms with Crippen molar-refractivity contribution in [3.8, 4) is 5.75 Å². The number of halogens is 2. The maximum absolute atomic E-state index is 9.61. The van der Waals surface area contributed by atoms with Crippen LogP contribution in [0.1, 0.15) is 11.1 Å². The molecule has 0 spiro atoms. The van der Waals surface area contributed by atoms with Gasteiger partial charge in [0.2, 0.25) is 0 Å².